The van der Waals surface area contributed by atoms with Gasteiger partial charge in [0.1, 0.15) is 0 Å². The topological polar surface area (TPSA) is 9.86 Å². The van der Waals surface area contributed by atoms with E-state index in [0.29, 0.717) is 0 Å². The zero-order valence-corrected chi connectivity index (χ0v) is 34.0. The molecule has 2 nitrogen and oxygen atoms in total. The smallest absolute Gasteiger partial charge is 0.0547 e. The van der Waals surface area contributed by atoms with Crippen molar-refractivity contribution in [1.29, 1.82) is 0 Å². The highest BCUT2D eigenvalue weighted by atomic mass is 15.0. The van der Waals surface area contributed by atoms with Gasteiger partial charge < -0.3 is 9.13 Å². The first-order chi connectivity index (χ1) is 30.7. The Morgan fingerprint density at radius 2 is 0.516 bits per heavy atom. The zero-order chi connectivity index (χ0) is 41.0. The minimum atomic E-state index is 1.14. The van der Waals surface area contributed by atoms with Crippen molar-refractivity contribution in [3.8, 4) is 67.0 Å². The summed E-state index contributed by atoms with van der Waals surface area (Å²) in [4.78, 5) is 0. The molecule has 62 heavy (non-hydrogen) atoms. The molecular weight excluding hydrogens is 749 g/mol. The van der Waals surface area contributed by atoms with Crippen LogP contribution in [0.15, 0.2) is 243 Å². The highest BCUT2D eigenvalue weighted by Gasteiger charge is 2.17. The van der Waals surface area contributed by atoms with Gasteiger partial charge in [0.15, 0.2) is 0 Å². The molecule has 0 spiro atoms. The fourth-order valence-corrected chi connectivity index (χ4v) is 9.48. The van der Waals surface area contributed by atoms with Crippen molar-refractivity contribution >= 4 is 43.6 Å². The van der Waals surface area contributed by atoms with E-state index in [1.54, 1.807) is 0 Å². The van der Waals surface area contributed by atoms with E-state index in [9.17, 15) is 0 Å². The number of aromatic nitrogens is 2. The molecule has 0 aliphatic carbocycles. The molecule has 0 saturated carbocycles. The summed E-state index contributed by atoms with van der Waals surface area (Å²) in [5, 5.41) is 4.98. The van der Waals surface area contributed by atoms with Crippen molar-refractivity contribution in [2.75, 3.05) is 0 Å². The van der Waals surface area contributed by atoms with E-state index in [-0.39, 0.29) is 0 Å². The molecule has 0 unspecified atom stereocenters. The third-order valence-electron chi connectivity index (χ3n) is 12.5. The number of rotatable bonds is 7. The van der Waals surface area contributed by atoms with Crippen LogP contribution >= 0.6 is 0 Å². The molecule has 0 N–H and O–H groups in total. The average molecular weight is 789 g/mol. The van der Waals surface area contributed by atoms with Crippen LogP contribution in [-0.2, 0) is 0 Å². The molecule has 2 heteroatoms. The monoisotopic (exact) mass is 788 g/mol. The van der Waals surface area contributed by atoms with Gasteiger partial charge in [-0.1, -0.05) is 176 Å². The van der Waals surface area contributed by atoms with E-state index >= 15 is 0 Å². The molecule has 0 radical (unpaired) electrons. The van der Waals surface area contributed by atoms with Gasteiger partial charge in [-0.2, -0.15) is 0 Å². The first-order valence-corrected chi connectivity index (χ1v) is 21.3. The molecule has 0 saturated heterocycles. The van der Waals surface area contributed by atoms with E-state index in [2.05, 4.69) is 252 Å². The van der Waals surface area contributed by atoms with Gasteiger partial charge in [-0.15, -0.1) is 0 Å². The average Bonchev–Trinajstić information content (AvgIpc) is 3.87. The van der Waals surface area contributed by atoms with Crippen LogP contribution in [0.3, 0.4) is 0 Å². The first-order valence-electron chi connectivity index (χ1n) is 21.3. The third-order valence-corrected chi connectivity index (χ3v) is 12.5. The SMILES string of the molecule is c1ccc(-c2cccc(-c3ccc(-n4c5ccccc5c5cc(-c6ccc7c8ccccc8n(-c8ccc(-c9cccc(-c%10ccccc%10)c9)cc8)c7c6)ccc54)cc3)c2)cc1. The van der Waals surface area contributed by atoms with Gasteiger partial charge in [-0.05, 0) is 122 Å². The molecule has 0 bridgehead atoms. The van der Waals surface area contributed by atoms with E-state index in [1.165, 1.54) is 99.2 Å². The fourth-order valence-electron chi connectivity index (χ4n) is 9.48. The molecule has 290 valence electrons. The van der Waals surface area contributed by atoms with Gasteiger partial charge in [-0.3, -0.25) is 0 Å². The van der Waals surface area contributed by atoms with Crippen LogP contribution in [0.2, 0.25) is 0 Å². The molecule has 0 fully saturated rings. The summed E-state index contributed by atoms with van der Waals surface area (Å²) in [6.45, 7) is 0. The Balaban J connectivity index is 0.918. The Labute approximate surface area is 360 Å². The first kappa shape index (κ1) is 35.7. The standard InChI is InChI=1S/C60H40N2/c1-3-13-41(14-4-1)45-17-11-19-47(37-45)43-25-31-51(32-26-43)61-58-24-10-8-22-54(58)56-39-49(30-36-59(56)61)50-29-35-55-53-21-7-9-23-57(53)62(60(55)40-50)52-33-27-44(28-34-52)48-20-12-18-46(38-48)42-15-5-2-6-16-42/h1-40H. The fraction of sp³-hybridized carbons (Fsp3) is 0. The maximum absolute atomic E-state index is 2.42. The van der Waals surface area contributed by atoms with Gasteiger partial charge in [0.2, 0.25) is 0 Å². The highest BCUT2D eigenvalue weighted by Crippen LogP contribution is 2.39. The number of nitrogens with zero attached hydrogens (tertiary/aromatic N) is 2. The Morgan fingerprint density at radius 1 is 0.177 bits per heavy atom. The van der Waals surface area contributed by atoms with E-state index in [1.807, 2.05) is 0 Å². The number of hydrogen-bond donors (Lipinski definition) is 0. The Kier molecular flexibility index (Phi) is 8.53. The van der Waals surface area contributed by atoms with Crippen LogP contribution < -0.4 is 0 Å². The predicted molar refractivity (Wildman–Crippen MR) is 262 cm³/mol. The largest absolute Gasteiger partial charge is 0.309 e. The second-order valence-corrected chi connectivity index (χ2v) is 16.2. The van der Waals surface area contributed by atoms with Crippen molar-refractivity contribution < 1.29 is 0 Å². The van der Waals surface area contributed by atoms with Gasteiger partial charge >= 0.3 is 0 Å². The molecule has 12 aromatic rings. The zero-order valence-electron chi connectivity index (χ0n) is 34.0. The molecule has 10 aromatic carbocycles. The summed E-state index contributed by atoms with van der Waals surface area (Å²) in [5.41, 5.74) is 19.2. The minimum Gasteiger partial charge on any atom is -0.309 e. The van der Waals surface area contributed by atoms with Crippen molar-refractivity contribution in [2.24, 2.45) is 0 Å². The molecule has 2 heterocycles. The lowest BCUT2D eigenvalue weighted by Gasteiger charge is -2.12. The summed E-state index contributed by atoms with van der Waals surface area (Å²) in [6.07, 6.45) is 0. The number of benzene rings is 10. The molecule has 0 atom stereocenters. The molecule has 0 aliphatic rings. The lowest BCUT2D eigenvalue weighted by Crippen LogP contribution is -1.94. The summed E-state index contributed by atoms with van der Waals surface area (Å²) in [5.74, 6) is 0. The molecular formula is C60H40N2. The van der Waals surface area contributed by atoms with Crippen LogP contribution in [0.25, 0.3) is 111 Å². The minimum absolute atomic E-state index is 1.14. The normalized spacial score (nSPS) is 11.5. The molecule has 12 rings (SSSR count). The van der Waals surface area contributed by atoms with Crippen LogP contribution in [0.1, 0.15) is 0 Å². The van der Waals surface area contributed by atoms with Crippen molar-refractivity contribution in [3.05, 3.63) is 243 Å². The van der Waals surface area contributed by atoms with Crippen molar-refractivity contribution in [1.82, 2.24) is 9.13 Å². The quantitative estimate of drug-likeness (QED) is 0.152. The molecule has 2 aromatic heterocycles. The maximum Gasteiger partial charge on any atom is 0.0547 e. The highest BCUT2D eigenvalue weighted by molar-refractivity contribution is 6.12. The molecule has 0 amide bonds. The summed E-state index contributed by atoms with van der Waals surface area (Å²) in [6, 6.07) is 88.3. The van der Waals surface area contributed by atoms with Crippen molar-refractivity contribution in [3.63, 3.8) is 0 Å². The van der Waals surface area contributed by atoms with Crippen LogP contribution in [0, 0.1) is 0 Å². The summed E-state index contributed by atoms with van der Waals surface area (Å²) < 4.78 is 4.82. The van der Waals surface area contributed by atoms with Crippen LogP contribution in [-0.4, -0.2) is 9.13 Å². The maximum atomic E-state index is 2.42. The van der Waals surface area contributed by atoms with Crippen molar-refractivity contribution in [2.45, 2.75) is 0 Å². The van der Waals surface area contributed by atoms with Gasteiger partial charge in [-0.25, -0.2) is 0 Å². The summed E-state index contributed by atoms with van der Waals surface area (Å²) >= 11 is 0. The van der Waals surface area contributed by atoms with E-state index in [0.717, 1.165) is 11.4 Å². The van der Waals surface area contributed by atoms with Gasteiger partial charge in [0.05, 0.1) is 22.1 Å². The number of hydrogen-bond acceptors (Lipinski definition) is 0. The van der Waals surface area contributed by atoms with Crippen LogP contribution in [0.4, 0.5) is 0 Å². The van der Waals surface area contributed by atoms with E-state index in [4.69, 9.17) is 0 Å². The lowest BCUT2D eigenvalue weighted by atomic mass is 9.99. The summed E-state index contributed by atoms with van der Waals surface area (Å²) in [7, 11) is 0. The third kappa shape index (κ3) is 6.12. The van der Waals surface area contributed by atoms with E-state index < -0.39 is 0 Å². The Morgan fingerprint density at radius 3 is 1.05 bits per heavy atom. The number of para-hydroxylation sites is 2. The predicted octanol–water partition coefficient (Wildman–Crippen LogP) is 16.2. The van der Waals surface area contributed by atoms with Crippen LogP contribution in [0.5, 0.6) is 0 Å². The Bertz CT molecular complexity index is 3590. The Hall–Kier alpha value is -8.20. The second kappa shape index (κ2) is 14.8. The second-order valence-electron chi connectivity index (χ2n) is 16.2. The number of fused-ring (bicyclic) bond motifs is 6. The molecule has 0 aliphatic heterocycles. The lowest BCUT2D eigenvalue weighted by molar-refractivity contribution is 1.18. The van der Waals surface area contributed by atoms with Gasteiger partial charge in [0.25, 0.3) is 0 Å². The van der Waals surface area contributed by atoms with Gasteiger partial charge in [0, 0.05) is 32.9 Å².